The number of nitrogens with one attached hydrogen (secondary N) is 2. The van der Waals surface area contributed by atoms with Crippen molar-refractivity contribution in [3.63, 3.8) is 0 Å². The molecule has 0 atom stereocenters. The number of aromatic nitrogens is 2. The van der Waals surface area contributed by atoms with Crippen LogP contribution in [-0.4, -0.2) is 27.6 Å². The average molecular weight is 292 g/mol. The number of carbonyl (C=O) groups excluding carboxylic acids is 2. The Hall–Kier alpha value is -1.85. The van der Waals surface area contributed by atoms with Crippen molar-refractivity contribution >= 4 is 17.6 Å². The number of carbonyl (C=O) groups is 2. The van der Waals surface area contributed by atoms with Crippen LogP contribution in [-0.2, 0) is 11.8 Å². The number of rotatable bonds is 4. The van der Waals surface area contributed by atoms with Crippen molar-refractivity contribution in [2.24, 2.45) is 13.0 Å². The lowest BCUT2D eigenvalue weighted by atomic mass is 9.89. The van der Waals surface area contributed by atoms with Gasteiger partial charge in [-0.2, -0.15) is 5.10 Å². The lowest BCUT2D eigenvalue weighted by molar-refractivity contribution is -0.120. The molecule has 0 aliphatic heterocycles. The third-order valence-electron chi connectivity index (χ3n) is 3.76. The van der Waals surface area contributed by atoms with Crippen LogP contribution >= 0.6 is 0 Å². The molecule has 1 saturated carbocycles. The first kappa shape index (κ1) is 15.5. The predicted molar refractivity (Wildman–Crippen MR) is 81.0 cm³/mol. The van der Waals surface area contributed by atoms with Crippen LogP contribution in [0.2, 0.25) is 0 Å². The molecule has 21 heavy (non-hydrogen) atoms. The van der Waals surface area contributed by atoms with Crippen LogP contribution in [0.15, 0.2) is 6.07 Å². The Labute approximate surface area is 125 Å². The van der Waals surface area contributed by atoms with Gasteiger partial charge in [0.25, 0.3) is 5.91 Å². The average Bonchev–Trinajstić information content (AvgIpc) is 2.80. The van der Waals surface area contributed by atoms with Gasteiger partial charge in [0, 0.05) is 25.1 Å². The first-order valence-electron chi connectivity index (χ1n) is 7.63. The molecule has 0 spiro atoms. The molecule has 6 heteroatoms. The Morgan fingerprint density at radius 3 is 2.57 bits per heavy atom. The fourth-order valence-corrected chi connectivity index (χ4v) is 2.62. The highest BCUT2D eigenvalue weighted by atomic mass is 16.2. The number of anilines is 1. The topological polar surface area (TPSA) is 76.0 Å². The smallest absolute Gasteiger partial charge is 0.272 e. The van der Waals surface area contributed by atoms with Gasteiger partial charge in [0.15, 0.2) is 5.69 Å². The molecular weight excluding hydrogens is 268 g/mol. The zero-order chi connectivity index (χ0) is 15.4. The molecule has 0 saturated heterocycles. The van der Waals surface area contributed by atoms with Gasteiger partial charge in [-0.05, 0) is 26.7 Å². The van der Waals surface area contributed by atoms with Crippen molar-refractivity contribution in [3.05, 3.63) is 11.8 Å². The minimum absolute atomic E-state index is 0.0357. The SMILES string of the molecule is CC(C)NC(=O)c1cc(NC(=O)C2CCCCC2)n(C)n1. The molecule has 1 heterocycles. The van der Waals surface area contributed by atoms with Crippen LogP contribution in [0, 0.1) is 5.92 Å². The molecule has 1 aromatic rings. The van der Waals surface area contributed by atoms with Crippen molar-refractivity contribution in [3.8, 4) is 0 Å². The van der Waals surface area contributed by atoms with Gasteiger partial charge in [-0.3, -0.25) is 14.3 Å². The summed E-state index contributed by atoms with van der Waals surface area (Å²) in [6.45, 7) is 3.79. The van der Waals surface area contributed by atoms with Crippen molar-refractivity contribution in [1.82, 2.24) is 15.1 Å². The van der Waals surface area contributed by atoms with E-state index < -0.39 is 0 Å². The molecular formula is C15H24N4O2. The van der Waals surface area contributed by atoms with E-state index in [0.717, 1.165) is 25.7 Å². The molecule has 2 rings (SSSR count). The lowest BCUT2D eigenvalue weighted by Crippen LogP contribution is -2.30. The van der Waals surface area contributed by atoms with Gasteiger partial charge >= 0.3 is 0 Å². The summed E-state index contributed by atoms with van der Waals surface area (Å²) in [5, 5.41) is 9.83. The Morgan fingerprint density at radius 2 is 1.95 bits per heavy atom. The fraction of sp³-hybridized carbons (Fsp3) is 0.667. The van der Waals surface area contributed by atoms with Crippen LogP contribution in [0.5, 0.6) is 0 Å². The maximum absolute atomic E-state index is 12.2. The van der Waals surface area contributed by atoms with Crippen LogP contribution in [0.3, 0.4) is 0 Å². The monoisotopic (exact) mass is 292 g/mol. The van der Waals surface area contributed by atoms with Gasteiger partial charge in [-0.25, -0.2) is 0 Å². The molecule has 1 fully saturated rings. The van der Waals surface area contributed by atoms with E-state index in [1.165, 1.54) is 11.1 Å². The number of nitrogens with zero attached hydrogens (tertiary/aromatic N) is 2. The summed E-state index contributed by atoms with van der Waals surface area (Å²) in [4.78, 5) is 24.1. The normalized spacial score (nSPS) is 16.0. The van der Waals surface area contributed by atoms with E-state index >= 15 is 0 Å². The van der Waals surface area contributed by atoms with Crippen LogP contribution in [0.4, 0.5) is 5.82 Å². The highest BCUT2D eigenvalue weighted by Gasteiger charge is 2.22. The van der Waals surface area contributed by atoms with Gasteiger partial charge in [0.05, 0.1) is 0 Å². The lowest BCUT2D eigenvalue weighted by Gasteiger charge is -2.20. The van der Waals surface area contributed by atoms with Crippen molar-refractivity contribution in [1.29, 1.82) is 0 Å². The fourth-order valence-electron chi connectivity index (χ4n) is 2.62. The van der Waals surface area contributed by atoms with Gasteiger partial charge in [0.1, 0.15) is 5.82 Å². The highest BCUT2D eigenvalue weighted by Crippen LogP contribution is 2.25. The molecule has 116 valence electrons. The van der Waals surface area contributed by atoms with Crippen LogP contribution in [0.25, 0.3) is 0 Å². The molecule has 2 N–H and O–H groups in total. The zero-order valence-corrected chi connectivity index (χ0v) is 13.0. The third-order valence-corrected chi connectivity index (χ3v) is 3.76. The standard InChI is InChI=1S/C15H24N4O2/c1-10(2)16-15(21)12-9-13(19(3)18-12)17-14(20)11-7-5-4-6-8-11/h9-11H,4-8H2,1-3H3,(H,16,21)(H,17,20). The summed E-state index contributed by atoms with van der Waals surface area (Å²) >= 11 is 0. The number of aryl methyl sites for hydroxylation is 1. The molecule has 1 aliphatic rings. The van der Waals surface area contributed by atoms with Crippen molar-refractivity contribution < 1.29 is 9.59 Å². The van der Waals surface area contributed by atoms with E-state index in [1.54, 1.807) is 13.1 Å². The summed E-state index contributed by atoms with van der Waals surface area (Å²) < 4.78 is 1.54. The summed E-state index contributed by atoms with van der Waals surface area (Å²) in [5.74, 6) is 0.466. The number of hydrogen-bond acceptors (Lipinski definition) is 3. The molecule has 1 aliphatic carbocycles. The third kappa shape index (κ3) is 4.06. The zero-order valence-electron chi connectivity index (χ0n) is 13.0. The van der Waals surface area contributed by atoms with E-state index in [0.29, 0.717) is 11.5 Å². The molecule has 0 radical (unpaired) electrons. The van der Waals surface area contributed by atoms with Gasteiger partial charge in [0.2, 0.25) is 5.91 Å². The quantitative estimate of drug-likeness (QED) is 0.892. The highest BCUT2D eigenvalue weighted by molar-refractivity contribution is 5.96. The summed E-state index contributed by atoms with van der Waals surface area (Å²) in [6, 6.07) is 1.68. The second-order valence-electron chi connectivity index (χ2n) is 5.99. The molecule has 2 amide bonds. The maximum Gasteiger partial charge on any atom is 0.272 e. The van der Waals surface area contributed by atoms with Gasteiger partial charge < -0.3 is 10.6 Å². The molecule has 0 bridgehead atoms. The minimum atomic E-state index is -0.223. The van der Waals surface area contributed by atoms with Gasteiger partial charge in [-0.15, -0.1) is 0 Å². The Morgan fingerprint density at radius 1 is 1.29 bits per heavy atom. The molecule has 6 nitrogen and oxygen atoms in total. The van der Waals surface area contributed by atoms with Crippen molar-refractivity contribution in [2.45, 2.75) is 52.0 Å². The molecule has 0 aromatic carbocycles. The first-order chi connectivity index (χ1) is 9.97. The summed E-state index contributed by atoms with van der Waals surface area (Å²) in [5.41, 5.74) is 0.324. The Bertz CT molecular complexity index is 516. The summed E-state index contributed by atoms with van der Waals surface area (Å²) in [6.07, 6.45) is 5.35. The minimum Gasteiger partial charge on any atom is -0.348 e. The van der Waals surface area contributed by atoms with Crippen molar-refractivity contribution in [2.75, 3.05) is 5.32 Å². The number of amides is 2. The first-order valence-corrected chi connectivity index (χ1v) is 7.63. The van der Waals surface area contributed by atoms with E-state index in [1.807, 2.05) is 13.8 Å². The van der Waals surface area contributed by atoms with E-state index in [9.17, 15) is 9.59 Å². The summed E-state index contributed by atoms with van der Waals surface area (Å²) in [7, 11) is 1.72. The second kappa shape index (κ2) is 6.74. The second-order valence-corrected chi connectivity index (χ2v) is 5.99. The van der Waals surface area contributed by atoms with E-state index in [2.05, 4.69) is 15.7 Å². The van der Waals surface area contributed by atoms with E-state index in [-0.39, 0.29) is 23.8 Å². The largest absolute Gasteiger partial charge is 0.348 e. The van der Waals surface area contributed by atoms with E-state index in [4.69, 9.17) is 0 Å². The number of hydrogen-bond donors (Lipinski definition) is 2. The molecule has 0 unspecified atom stereocenters. The maximum atomic E-state index is 12.2. The Kier molecular flexibility index (Phi) is 4.98. The Balaban J connectivity index is 2.01. The van der Waals surface area contributed by atoms with Crippen LogP contribution in [0.1, 0.15) is 56.4 Å². The predicted octanol–water partition coefficient (Wildman–Crippen LogP) is 2.08. The molecule has 1 aromatic heterocycles. The van der Waals surface area contributed by atoms with Crippen LogP contribution < -0.4 is 10.6 Å². The van der Waals surface area contributed by atoms with Gasteiger partial charge in [-0.1, -0.05) is 19.3 Å².